The third-order valence-electron chi connectivity index (χ3n) is 4.50. The summed E-state index contributed by atoms with van der Waals surface area (Å²) in [5.41, 5.74) is 1.52. The van der Waals surface area contributed by atoms with Crippen LogP contribution in [-0.2, 0) is 20.6 Å². The second-order valence-corrected chi connectivity index (χ2v) is 9.30. The third-order valence-corrected chi connectivity index (χ3v) is 6.85. The molecular formula is C19H21BrN2O3S. The summed E-state index contributed by atoms with van der Waals surface area (Å²) in [5, 5.41) is 2.91. The maximum absolute atomic E-state index is 12.6. The van der Waals surface area contributed by atoms with Crippen LogP contribution in [0.4, 0.5) is 5.69 Å². The first-order valence-electron chi connectivity index (χ1n) is 8.52. The van der Waals surface area contributed by atoms with Crippen LogP contribution in [0.25, 0.3) is 0 Å². The van der Waals surface area contributed by atoms with Gasteiger partial charge in [-0.1, -0.05) is 52.3 Å². The molecule has 2 aromatic carbocycles. The molecule has 1 saturated heterocycles. The van der Waals surface area contributed by atoms with Crippen LogP contribution in [0.1, 0.15) is 18.4 Å². The minimum absolute atomic E-state index is 0.00272. The van der Waals surface area contributed by atoms with Crippen LogP contribution in [-0.4, -0.2) is 31.7 Å². The van der Waals surface area contributed by atoms with Crippen molar-refractivity contribution < 1.29 is 13.2 Å². The van der Waals surface area contributed by atoms with Crippen molar-refractivity contribution >= 4 is 37.5 Å². The Bertz CT molecular complexity index is 863. The van der Waals surface area contributed by atoms with E-state index < -0.39 is 10.0 Å². The number of carbonyl (C=O) groups excluding carboxylic acids is 1. The van der Waals surface area contributed by atoms with Crippen LogP contribution in [0.5, 0.6) is 0 Å². The summed E-state index contributed by atoms with van der Waals surface area (Å²) in [4.78, 5) is 12.4. The minimum Gasteiger partial charge on any atom is -0.326 e. The molecule has 3 rings (SSSR count). The molecule has 1 heterocycles. The number of nitrogens with one attached hydrogen (secondary N) is 1. The number of hydrogen-bond donors (Lipinski definition) is 1. The van der Waals surface area contributed by atoms with Crippen LogP contribution >= 0.6 is 15.9 Å². The van der Waals surface area contributed by atoms with Gasteiger partial charge < -0.3 is 5.32 Å². The van der Waals surface area contributed by atoms with E-state index in [1.807, 2.05) is 54.6 Å². The van der Waals surface area contributed by atoms with E-state index in [9.17, 15) is 13.2 Å². The molecular weight excluding hydrogens is 416 g/mol. The number of benzene rings is 2. The van der Waals surface area contributed by atoms with E-state index in [-0.39, 0.29) is 17.6 Å². The summed E-state index contributed by atoms with van der Waals surface area (Å²) < 4.78 is 27.6. The quantitative estimate of drug-likeness (QED) is 0.777. The molecule has 138 valence electrons. The highest BCUT2D eigenvalue weighted by molar-refractivity contribution is 9.10. The smallest absolute Gasteiger partial charge is 0.227 e. The predicted octanol–water partition coefficient (Wildman–Crippen LogP) is 3.63. The largest absolute Gasteiger partial charge is 0.326 e. The summed E-state index contributed by atoms with van der Waals surface area (Å²) in [6, 6.07) is 16.6. The molecule has 26 heavy (non-hydrogen) atoms. The highest BCUT2D eigenvalue weighted by Gasteiger charge is 2.31. The first-order valence-corrected chi connectivity index (χ1v) is 10.9. The molecule has 0 atom stereocenters. The summed E-state index contributed by atoms with van der Waals surface area (Å²) in [5.74, 6) is -0.219. The molecule has 1 aliphatic heterocycles. The fraction of sp³-hybridized carbons (Fsp3) is 0.316. The molecule has 1 fully saturated rings. The van der Waals surface area contributed by atoms with Gasteiger partial charge in [0.15, 0.2) is 0 Å². The van der Waals surface area contributed by atoms with Crippen LogP contribution < -0.4 is 5.32 Å². The van der Waals surface area contributed by atoms with Crippen molar-refractivity contribution in [1.29, 1.82) is 0 Å². The maximum atomic E-state index is 12.6. The molecule has 7 heteroatoms. The van der Waals surface area contributed by atoms with Crippen molar-refractivity contribution in [2.24, 2.45) is 5.92 Å². The van der Waals surface area contributed by atoms with Gasteiger partial charge in [-0.3, -0.25) is 4.79 Å². The average molecular weight is 437 g/mol. The molecule has 0 aliphatic carbocycles. The highest BCUT2D eigenvalue weighted by atomic mass is 79.9. The van der Waals surface area contributed by atoms with Gasteiger partial charge in [-0.05, 0) is 36.6 Å². The molecule has 5 nitrogen and oxygen atoms in total. The van der Waals surface area contributed by atoms with Crippen LogP contribution in [0.3, 0.4) is 0 Å². The average Bonchev–Trinajstić information content (AvgIpc) is 2.62. The Morgan fingerprint density at radius 3 is 2.42 bits per heavy atom. The minimum atomic E-state index is -3.35. The first kappa shape index (κ1) is 19.1. The van der Waals surface area contributed by atoms with E-state index in [0.717, 1.165) is 15.7 Å². The topological polar surface area (TPSA) is 66.5 Å². The molecule has 1 aliphatic rings. The number of rotatable bonds is 5. The SMILES string of the molecule is O=C(Nc1cccc(Br)c1)C1CCN(S(=O)(=O)Cc2ccccc2)CC1. The van der Waals surface area contributed by atoms with Gasteiger partial charge in [0.1, 0.15) is 0 Å². The Morgan fingerprint density at radius 1 is 1.08 bits per heavy atom. The van der Waals surface area contributed by atoms with Gasteiger partial charge >= 0.3 is 0 Å². The fourth-order valence-electron chi connectivity index (χ4n) is 3.08. The summed E-state index contributed by atoms with van der Waals surface area (Å²) in [6.45, 7) is 0.761. The zero-order chi connectivity index (χ0) is 18.6. The Hall–Kier alpha value is -1.70. The normalized spacial score (nSPS) is 16.3. The van der Waals surface area contributed by atoms with Crippen molar-refractivity contribution in [3.8, 4) is 0 Å². The van der Waals surface area contributed by atoms with Gasteiger partial charge in [0.2, 0.25) is 15.9 Å². The van der Waals surface area contributed by atoms with Crippen LogP contribution in [0.2, 0.25) is 0 Å². The van der Waals surface area contributed by atoms with E-state index in [0.29, 0.717) is 25.9 Å². The van der Waals surface area contributed by atoms with Crippen LogP contribution in [0.15, 0.2) is 59.1 Å². The second-order valence-electron chi connectivity index (χ2n) is 6.41. The molecule has 0 saturated carbocycles. The van der Waals surface area contributed by atoms with E-state index in [2.05, 4.69) is 21.2 Å². The molecule has 0 bridgehead atoms. The summed E-state index contributed by atoms with van der Waals surface area (Å²) in [7, 11) is -3.35. The maximum Gasteiger partial charge on any atom is 0.227 e. The van der Waals surface area contributed by atoms with Gasteiger partial charge in [-0.2, -0.15) is 0 Å². The fourth-order valence-corrected chi connectivity index (χ4v) is 5.05. The lowest BCUT2D eigenvalue weighted by Crippen LogP contribution is -2.41. The molecule has 1 amide bonds. The van der Waals surface area contributed by atoms with Crippen molar-refractivity contribution in [1.82, 2.24) is 4.31 Å². The Balaban J connectivity index is 1.55. The van der Waals surface area contributed by atoms with E-state index in [1.165, 1.54) is 4.31 Å². The number of hydrogen-bond acceptors (Lipinski definition) is 3. The predicted molar refractivity (Wildman–Crippen MR) is 106 cm³/mol. The molecule has 2 aromatic rings. The molecule has 0 aromatic heterocycles. The van der Waals surface area contributed by atoms with E-state index >= 15 is 0 Å². The number of nitrogens with zero attached hydrogens (tertiary/aromatic N) is 1. The first-order chi connectivity index (χ1) is 12.4. The number of halogens is 1. The zero-order valence-electron chi connectivity index (χ0n) is 14.3. The lowest BCUT2D eigenvalue weighted by Gasteiger charge is -2.30. The number of sulfonamides is 1. The van der Waals surface area contributed by atoms with E-state index in [1.54, 1.807) is 0 Å². The second kappa shape index (κ2) is 8.33. The Morgan fingerprint density at radius 2 is 1.77 bits per heavy atom. The number of piperidine rings is 1. The van der Waals surface area contributed by atoms with Gasteiger partial charge in [-0.15, -0.1) is 0 Å². The van der Waals surface area contributed by atoms with Gasteiger partial charge in [0.25, 0.3) is 0 Å². The van der Waals surface area contributed by atoms with Gasteiger partial charge in [0.05, 0.1) is 5.75 Å². The van der Waals surface area contributed by atoms with Crippen molar-refractivity contribution in [3.05, 3.63) is 64.6 Å². The number of anilines is 1. The molecule has 0 spiro atoms. The number of amides is 1. The lowest BCUT2D eigenvalue weighted by molar-refractivity contribution is -0.120. The zero-order valence-corrected chi connectivity index (χ0v) is 16.7. The molecule has 0 radical (unpaired) electrons. The Labute approximate surface area is 162 Å². The summed E-state index contributed by atoms with van der Waals surface area (Å²) in [6.07, 6.45) is 1.07. The summed E-state index contributed by atoms with van der Waals surface area (Å²) >= 11 is 3.38. The van der Waals surface area contributed by atoms with Crippen molar-refractivity contribution in [3.63, 3.8) is 0 Å². The molecule has 0 unspecified atom stereocenters. The monoisotopic (exact) mass is 436 g/mol. The van der Waals surface area contributed by atoms with E-state index in [4.69, 9.17) is 0 Å². The molecule has 1 N–H and O–H groups in total. The lowest BCUT2D eigenvalue weighted by atomic mass is 9.97. The Kier molecular flexibility index (Phi) is 6.11. The van der Waals surface area contributed by atoms with Crippen molar-refractivity contribution in [2.75, 3.05) is 18.4 Å². The standard InChI is InChI=1S/C19H21BrN2O3S/c20-17-7-4-8-18(13-17)21-19(23)16-9-11-22(12-10-16)26(24,25)14-15-5-2-1-3-6-15/h1-8,13,16H,9-12,14H2,(H,21,23). The van der Waals surface area contributed by atoms with Crippen molar-refractivity contribution in [2.45, 2.75) is 18.6 Å². The van der Waals surface area contributed by atoms with Gasteiger partial charge in [0, 0.05) is 29.2 Å². The van der Waals surface area contributed by atoms with Crippen LogP contribution in [0, 0.1) is 5.92 Å². The van der Waals surface area contributed by atoms with Gasteiger partial charge in [-0.25, -0.2) is 12.7 Å². The third kappa shape index (κ3) is 4.93. The highest BCUT2D eigenvalue weighted by Crippen LogP contribution is 2.24. The number of carbonyl (C=O) groups is 1.